The van der Waals surface area contributed by atoms with E-state index in [4.69, 9.17) is 0 Å². The molecule has 1 saturated heterocycles. The molecule has 0 radical (unpaired) electrons. The third-order valence-electron chi connectivity index (χ3n) is 3.12. The Kier molecular flexibility index (Phi) is 3.64. The molecule has 0 aromatic carbocycles. The largest absolute Gasteiger partial charge is 0.616 e. The molecule has 0 aliphatic carbocycles. The maximum Gasteiger partial charge on any atom is 0.128 e. The zero-order valence-corrected chi connectivity index (χ0v) is 11.6. The fraction of sp³-hybridized carbons (Fsp3) is 0.615. The highest BCUT2D eigenvalue weighted by molar-refractivity contribution is 7.91. The molecule has 0 N–H and O–H groups in total. The maximum atomic E-state index is 11.3. The quantitative estimate of drug-likeness (QED) is 0.717. The van der Waals surface area contributed by atoms with Crippen LogP contribution in [0.4, 0.5) is 5.82 Å². The molecule has 0 saturated carbocycles. The topological polar surface area (TPSA) is 39.2 Å². The van der Waals surface area contributed by atoms with Crippen LogP contribution in [0.2, 0.25) is 0 Å². The Bertz CT molecular complexity index is 364. The van der Waals surface area contributed by atoms with Crippen molar-refractivity contribution in [1.82, 2.24) is 4.98 Å². The van der Waals surface area contributed by atoms with Gasteiger partial charge >= 0.3 is 0 Å². The summed E-state index contributed by atoms with van der Waals surface area (Å²) in [6.07, 6.45) is 1.96. The van der Waals surface area contributed by atoms with Crippen LogP contribution < -0.4 is 4.90 Å². The van der Waals surface area contributed by atoms with Crippen LogP contribution in [0, 0.1) is 0 Å². The van der Waals surface area contributed by atoms with E-state index < -0.39 is 11.2 Å². The Morgan fingerprint density at radius 2 is 1.88 bits per heavy atom. The zero-order chi connectivity index (χ0) is 12.5. The molecule has 1 aliphatic rings. The highest BCUT2D eigenvalue weighted by atomic mass is 32.2. The summed E-state index contributed by atoms with van der Waals surface area (Å²) in [5.74, 6) is 2.54. The van der Waals surface area contributed by atoms with E-state index in [2.05, 4.69) is 42.8 Å². The van der Waals surface area contributed by atoms with Crippen LogP contribution in [0.15, 0.2) is 18.3 Å². The first kappa shape index (κ1) is 12.7. The Morgan fingerprint density at radius 3 is 2.35 bits per heavy atom. The summed E-state index contributed by atoms with van der Waals surface area (Å²) in [6.45, 7) is 8.28. The summed E-state index contributed by atoms with van der Waals surface area (Å²) >= 11 is -0.623. The third-order valence-corrected chi connectivity index (χ3v) is 4.39. The number of anilines is 1. The lowest BCUT2D eigenvalue weighted by Crippen LogP contribution is -2.40. The van der Waals surface area contributed by atoms with Crippen LogP contribution in [0.3, 0.4) is 0 Å². The Hall–Kier alpha value is -0.740. The summed E-state index contributed by atoms with van der Waals surface area (Å²) in [7, 11) is 0. The van der Waals surface area contributed by atoms with E-state index in [1.807, 2.05) is 6.20 Å². The summed E-state index contributed by atoms with van der Waals surface area (Å²) in [4.78, 5) is 6.74. The normalized spacial score (nSPS) is 18.5. The van der Waals surface area contributed by atoms with Crippen LogP contribution in [0.5, 0.6) is 0 Å². The molecule has 1 aromatic rings. The first-order valence-corrected chi connectivity index (χ1v) is 7.52. The Labute approximate surface area is 106 Å². The van der Waals surface area contributed by atoms with Crippen molar-refractivity contribution in [1.29, 1.82) is 0 Å². The Morgan fingerprint density at radius 1 is 1.24 bits per heavy atom. The average Bonchev–Trinajstić information content (AvgIpc) is 2.29. The number of rotatable bonds is 1. The van der Waals surface area contributed by atoms with Gasteiger partial charge in [0.25, 0.3) is 0 Å². The summed E-state index contributed by atoms with van der Waals surface area (Å²) in [5.41, 5.74) is 1.40. The Balaban J connectivity index is 2.08. The van der Waals surface area contributed by atoms with E-state index in [1.165, 1.54) is 5.56 Å². The van der Waals surface area contributed by atoms with Crippen molar-refractivity contribution in [3.8, 4) is 0 Å². The van der Waals surface area contributed by atoms with E-state index >= 15 is 0 Å². The molecule has 4 heteroatoms. The predicted octanol–water partition coefficient (Wildman–Crippen LogP) is 1.95. The van der Waals surface area contributed by atoms with Gasteiger partial charge in [0.1, 0.15) is 17.3 Å². The van der Waals surface area contributed by atoms with Crippen LogP contribution in [0.1, 0.15) is 26.3 Å². The molecule has 0 spiro atoms. The summed E-state index contributed by atoms with van der Waals surface area (Å²) in [6, 6.07) is 4.22. The second-order valence-corrected chi connectivity index (χ2v) is 7.19. The predicted molar refractivity (Wildman–Crippen MR) is 73.0 cm³/mol. The minimum Gasteiger partial charge on any atom is -0.616 e. The molecule has 1 fully saturated rings. The smallest absolute Gasteiger partial charge is 0.128 e. The molecule has 0 atom stereocenters. The van der Waals surface area contributed by atoms with Gasteiger partial charge in [0.05, 0.1) is 13.1 Å². The first-order valence-electron chi connectivity index (χ1n) is 6.03. The fourth-order valence-electron chi connectivity index (χ4n) is 1.88. The lowest BCUT2D eigenvalue weighted by atomic mass is 9.88. The van der Waals surface area contributed by atoms with Crippen molar-refractivity contribution in [3.05, 3.63) is 23.9 Å². The van der Waals surface area contributed by atoms with Crippen molar-refractivity contribution < 1.29 is 4.55 Å². The summed E-state index contributed by atoms with van der Waals surface area (Å²) in [5, 5.41) is 0. The molecule has 94 valence electrons. The van der Waals surface area contributed by atoms with Gasteiger partial charge in [-0.1, -0.05) is 38.0 Å². The van der Waals surface area contributed by atoms with Gasteiger partial charge in [-0.2, -0.15) is 0 Å². The second kappa shape index (κ2) is 4.86. The standard InChI is InChI=1S/C13H20N2OS/c1-13(2,3)11-4-5-12(14-10-11)15-6-8-17(16)9-7-15/h4-5,10H,6-9H2,1-3H3. The van der Waals surface area contributed by atoms with Gasteiger partial charge in [0.15, 0.2) is 0 Å². The molecule has 1 aliphatic heterocycles. The van der Waals surface area contributed by atoms with Gasteiger partial charge in [0.2, 0.25) is 0 Å². The molecule has 0 amide bonds. The van der Waals surface area contributed by atoms with Gasteiger partial charge in [-0.25, -0.2) is 4.98 Å². The SMILES string of the molecule is CC(C)(C)c1ccc(N2CC[S+]([O-])CC2)nc1. The molecule has 0 bridgehead atoms. The first-order chi connectivity index (χ1) is 7.97. The van der Waals surface area contributed by atoms with Crippen molar-refractivity contribution in [2.75, 3.05) is 29.5 Å². The van der Waals surface area contributed by atoms with Crippen molar-refractivity contribution in [2.45, 2.75) is 26.2 Å². The van der Waals surface area contributed by atoms with Gasteiger partial charge in [-0.3, -0.25) is 0 Å². The van der Waals surface area contributed by atoms with E-state index in [1.54, 1.807) is 0 Å². The van der Waals surface area contributed by atoms with Crippen molar-refractivity contribution in [3.63, 3.8) is 0 Å². The van der Waals surface area contributed by atoms with Gasteiger partial charge in [-0.15, -0.1) is 0 Å². The van der Waals surface area contributed by atoms with E-state index in [9.17, 15) is 4.55 Å². The lowest BCUT2D eigenvalue weighted by molar-refractivity contribution is 0.583. The molecule has 2 heterocycles. The third kappa shape index (κ3) is 3.13. The highest BCUT2D eigenvalue weighted by Gasteiger charge is 2.21. The number of aromatic nitrogens is 1. The van der Waals surface area contributed by atoms with Crippen LogP contribution in [-0.4, -0.2) is 34.1 Å². The van der Waals surface area contributed by atoms with E-state index in [0.717, 1.165) is 30.4 Å². The number of hydrogen-bond donors (Lipinski definition) is 0. The van der Waals surface area contributed by atoms with Crippen LogP contribution in [0.25, 0.3) is 0 Å². The zero-order valence-electron chi connectivity index (χ0n) is 10.8. The average molecular weight is 252 g/mol. The van der Waals surface area contributed by atoms with Gasteiger partial charge in [-0.05, 0) is 17.0 Å². The van der Waals surface area contributed by atoms with Gasteiger partial charge in [0, 0.05) is 6.20 Å². The molecule has 1 aromatic heterocycles. The van der Waals surface area contributed by atoms with E-state index in [0.29, 0.717) is 0 Å². The van der Waals surface area contributed by atoms with E-state index in [-0.39, 0.29) is 5.41 Å². The molecule has 17 heavy (non-hydrogen) atoms. The molecular formula is C13H20N2OS. The molecule has 2 rings (SSSR count). The summed E-state index contributed by atoms with van der Waals surface area (Å²) < 4.78 is 11.3. The second-order valence-electron chi connectivity index (χ2n) is 5.49. The fourth-order valence-corrected chi connectivity index (χ4v) is 2.94. The highest BCUT2D eigenvalue weighted by Crippen LogP contribution is 2.23. The lowest BCUT2D eigenvalue weighted by Gasteiger charge is -2.29. The number of pyridine rings is 1. The molecule has 3 nitrogen and oxygen atoms in total. The molecule has 0 unspecified atom stereocenters. The van der Waals surface area contributed by atoms with Crippen LogP contribution >= 0.6 is 0 Å². The minimum atomic E-state index is -0.623. The van der Waals surface area contributed by atoms with Crippen molar-refractivity contribution >= 4 is 17.0 Å². The maximum absolute atomic E-state index is 11.3. The van der Waals surface area contributed by atoms with Crippen LogP contribution in [-0.2, 0) is 16.6 Å². The van der Waals surface area contributed by atoms with Crippen molar-refractivity contribution in [2.24, 2.45) is 0 Å². The minimum absolute atomic E-state index is 0.148. The number of nitrogens with zero attached hydrogens (tertiary/aromatic N) is 2. The number of hydrogen-bond acceptors (Lipinski definition) is 3. The molecular weight excluding hydrogens is 232 g/mol. The monoisotopic (exact) mass is 252 g/mol. The van der Waals surface area contributed by atoms with Gasteiger partial charge < -0.3 is 9.45 Å².